The molecule has 1 aliphatic heterocycles. The van der Waals surface area contributed by atoms with E-state index in [1.807, 2.05) is 0 Å². The summed E-state index contributed by atoms with van der Waals surface area (Å²) in [5.41, 5.74) is 1.21. The summed E-state index contributed by atoms with van der Waals surface area (Å²) < 4.78 is 2.64. The fourth-order valence-electron chi connectivity index (χ4n) is 1.21. The minimum absolute atomic E-state index is 0.160. The molecule has 0 aromatic carbocycles. The lowest BCUT2D eigenvalue weighted by molar-refractivity contribution is 0.539. The second-order valence-electron chi connectivity index (χ2n) is 2.61. The lowest BCUT2D eigenvalue weighted by Crippen LogP contribution is -2.33. The lowest BCUT2D eigenvalue weighted by atomic mass is 10.4. The van der Waals surface area contributed by atoms with Crippen LogP contribution < -0.4 is 0 Å². The van der Waals surface area contributed by atoms with Crippen LogP contribution in [0, 0.1) is 0 Å². The predicted molar refractivity (Wildman–Crippen MR) is 43.0 cm³/mol. The minimum atomic E-state index is -0.160. The van der Waals surface area contributed by atoms with Crippen molar-refractivity contribution < 1.29 is 0 Å². The van der Waals surface area contributed by atoms with Crippen molar-refractivity contribution in [1.29, 1.82) is 0 Å². The van der Waals surface area contributed by atoms with Crippen LogP contribution in [-0.4, -0.2) is 36.9 Å². The monoisotopic (exact) mass is 155 g/mol. The zero-order chi connectivity index (χ0) is 6.69. The normalized spacial score (nSPS) is 21.7. The van der Waals surface area contributed by atoms with Crippen molar-refractivity contribution >= 4 is 19.2 Å². The summed E-state index contributed by atoms with van der Waals surface area (Å²) in [4.78, 5) is 0. The second kappa shape index (κ2) is 3.53. The summed E-state index contributed by atoms with van der Waals surface area (Å²) in [7, 11) is 3.41. The van der Waals surface area contributed by atoms with Gasteiger partial charge in [-0.05, 0) is 25.9 Å². The third-order valence-electron chi connectivity index (χ3n) is 1.90. The Balaban J connectivity index is 2.24. The average Bonchev–Trinajstić information content (AvgIpc) is 2.37. The van der Waals surface area contributed by atoms with Crippen LogP contribution >= 0.6 is 0 Å². The van der Waals surface area contributed by atoms with Gasteiger partial charge in [-0.15, -0.1) is 0 Å². The van der Waals surface area contributed by atoms with Crippen molar-refractivity contribution in [2.24, 2.45) is 0 Å². The molecule has 1 nitrogen and oxygen atoms in total. The number of rotatable bonds is 2. The van der Waals surface area contributed by atoms with Gasteiger partial charge in [0.05, 0.1) is 0 Å². The van der Waals surface area contributed by atoms with Gasteiger partial charge in [0, 0.05) is 10.2 Å². The van der Waals surface area contributed by atoms with Crippen molar-refractivity contribution in [3.05, 3.63) is 0 Å². The number of hydrogen-bond acceptors (Lipinski definition) is 1. The molecule has 9 heavy (non-hydrogen) atoms. The molecule has 0 aromatic rings. The van der Waals surface area contributed by atoms with Crippen molar-refractivity contribution in [2.75, 3.05) is 13.1 Å². The van der Waals surface area contributed by atoms with Crippen molar-refractivity contribution in [2.45, 2.75) is 25.1 Å². The molecule has 1 saturated heterocycles. The Kier molecular flexibility index (Phi) is 2.95. The Labute approximate surface area is 62.5 Å². The van der Waals surface area contributed by atoms with E-state index in [2.05, 4.69) is 21.4 Å². The molecule has 3 heteroatoms. The fourth-order valence-corrected chi connectivity index (χ4v) is 3.18. The average molecular weight is 155 g/mol. The molecule has 50 valence electrons. The summed E-state index contributed by atoms with van der Waals surface area (Å²) in [6.07, 6.45) is 2.85. The SMILES string of the molecule is C[Si](C[Si])N1CCCC1. The first-order chi connectivity index (χ1) is 4.34. The molecule has 1 fully saturated rings. The van der Waals surface area contributed by atoms with E-state index in [0.29, 0.717) is 0 Å². The van der Waals surface area contributed by atoms with Crippen LogP contribution in [0.4, 0.5) is 0 Å². The minimum Gasteiger partial charge on any atom is -0.325 e. The molecule has 1 aliphatic rings. The van der Waals surface area contributed by atoms with E-state index in [0.717, 1.165) is 0 Å². The molecule has 0 spiro atoms. The van der Waals surface area contributed by atoms with E-state index in [4.69, 9.17) is 0 Å². The first-order valence-electron chi connectivity index (χ1n) is 3.56. The van der Waals surface area contributed by atoms with E-state index in [1.165, 1.54) is 31.6 Å². The maximum Gasteiger partial charge on any atom is 0.129 e. The fraction of sp³-hybridized carbons (Fsp3) is 1.00. The molecular weight excluding hydrogens is 142 g/mol. The number of nitrogens with zero attached hydrogens (tertiary/aromatic N) is 1. The summed E-state index contributed by atoms with van der Waals surface area (Å²) in [6, 6.07) is 0. The van der Waals surface area contributed by atoms with Crippen molar-refractivity contribution in [3.63, 3.8) is 0 Å². The van der Waals surface area contributed by atoms with Crippen LogP contribution in [0.3, 0.4) is 0 Å². The molecule has 1 heterocycles. The van der Waals surface area contributed by atoms with E-state index >= 15 is 0 Å². The molecule has 0 aromatic heterocycles. The van der Waals surface area contributed by atoms with Gasteiger partial charge in [0.1, 0.15) is 8.96 Å². The maximum atomic E-state index is 3.57. The molecule has 0 unspecified atom stereocenters. The topological polar surface area (TPSA) is 3.24 Å². The van der Waals surface area contributed by atoms with Crippen LogP contribution in [-0.2, 0) is 0 Å². The van der Waals surface area contributed by atoms with Gasteiger partial charge in [0.15, 0.2) is 0 Å². The standard InChI is InChI=1S/C6H13NSi2/c1-9(6-8)7-4-2-3-5-7/h2-6H2,1H3. The molecule has 1 rings (SSSR count). The van der Waals surface area contributed by atoms with Gasteiger partial charge in [0.2, 0.25) is 0 Å². The Bertz CT molecular complexity index is 81.1. The van der Waals surface area contributed by atoms with Crippen LogP contribution in [0.25, 0.3) is 0 Å². The Morgan fingerprint density at radius 3 is 2.44 bits per heavy atom. The first-order valence-corrected chi connectivity index (χ1v) is 6.42. The number of hydrogen-bond donors (Lipinski definition) is 0. The van der Waals surface area contributed by atoms with Crippen LogP contribution in [0.5, 0.6) is 0 Å². The highest BCUT2D eigenvalue weighted by Crippen LogP contribution is 2.10. The van der Waals surface area contributed by atoms with E-state index in [1.54, 1.807) is 0 Å². The van der Waals surface area contributed by atoms with Gasteiger partial charge in [-0.25, -0.2) is 0 Å². The van der Waals surface area contributed by atoms with E-state index < -0.39 is 0 Å². The van der Waals surface area contributed by atoms with E-state index in [-0.39, 0.29) is 8.96 Å². The van der Waals surface area contributed by atoms with Gasteiger partial charge >= 0.3 is 0 Å². The Hall–Kier alpha value is 0.394. The summed E-state index contributed by atoms with van der Waals surface area (Å²) in [5, 5.41) is 0. The molecule has 4 radical (unpaired) electrons. The third kappa shape index (κ3) is 1.91. The highest BCUT2D eigenvalue weighted by molar-refractivity contribution is 6.61. The Morgan fingerprint density at radius 2 is 2.00 bits per heavy atom. The third-order valence-corrected chi connectivity index (χ3v) is 5.48. The van der Waals surface area contributed by atoms with Crippen LogP contribution in [0.2, 0.25) is 12.2 Å². The highest BCUT2D eigenvalue weighted by Gasteiger charge is 2.17. The molecule has 0 atom stereocenters. The predicted octanol–water partition coefficient (Wildman–Crippen LogP) is 0.829. The first kappa shape index (κ1) is 7.50. The van der Waals surface area contributed by atoms with Crippen molar-refractivity contribution in [1.82, 2.24) is 4.57 Å². The molecular formula is C6H13NSi2. The van der Waals surface area contributed by atoms with Gasteiger partial charge in [-0.3, -0.25) is 0 Å². The summed E-state index contributed by atoms with van der Waals surface area (Å²) >= 11 is 0. The second-order valence-corrected chi connectivity index (χ2v) is 6.12. The summed E-state index contributed by atoms with van der Waals surface area (Å²) in [5.74, 6) is 0. The smallest absolute Gasteiger partial charge is 0.129 e. The highest BCUT2D eigenvalue weighted by atomic mass is 28.3. The maximum absolute atomic E-state index is 3.57. The largest absolute Gasteiger partial charge is 0.325 e. The van der Waals surface area contributed by atoms with Gasteiger partial charge < -0.3 is 4.57 Å². The Morgan fingerprint density at radius 1 is 1.44 bits per heavy atom. The zero-order valence-electron chi connectivity index (χ0n) is 5.98. The van der Waals surface area contributed by atoms with Crippen LogP contribution in [0.1, 0.15) is 12.8 Å². The molecule has 0 bridgehead atoms. The quantitative estimate of drug-likeness (QED) is 0.534. The lowest BCUT2D eigenvalue weighted by Gasteiger charge is -2.19. The molecule has 0 amide bonds. The summed E-state index contributed by atoms with van der Waals surface area (Å²) in [6.45, 7) is 5.09. The molecule has 0 N–H and O–H groups in total. The van der Waals surface area contributed by atoms with E-state index in [9.17, 15) is 0 Å². The molecule has 0 aliphatic carbocycles. The van der Waals surface area contributed by atoms with Gasteiger partial charge in [-0.2, -0.15) is 0 Å². The van der Waals surface area contributed by atoms with Crippen molar-refractivity contribution in [3.8, 4) is 0 Å². The van der Waals surface area contributed by atoms with Gasteiger partial charge in [0.25, 0.3) is 0 Å². The van der Waals surface area contributed by atoms with Gasteiger partial charge in [-0.1, -0.05) is 12.2 Å². The molecule has 0 saturated carbocycles. The van der Waals surface area contributed by atoms with Crippen LogP contribution in [0.15, 0.2) is 0 Å². The zero-order valence-corrected chi connectivity index (χ0v) is 7.98.